The summed E-state index contributed by atoms with van der Waals surface area (Å²) in [6.07, 6.45) is -2.38. The third-order valence-electron chi connectivity index (χ3n) is 6.40. The van der Waals surface area contributed by atoms with Gasteiger partial charge in [-0.2, -0.15) is 14.8 Å². The highest BCUT2D eigenvalue weighted by molar-refractivity contribution is 5.83. The van der Waals surface area contributed by atoms with Crippen LogP contribution in [-0.2, 0) is 36.8 Å². The van der Waals surface area contributed by atoms with E-state index in [2.05, 4.69) is 35.7 Å². The molecule has 5 atom stereocenters. The number of aliphatic hydroxyl groups is 1. The standard InChI is InChI=1S/C25H30N10O6/c1-4-35-32-22(31-33-35)19-18(39-13(2)37)20(40-14(3)38)24(41-19)34-12-27-17-21(26)29-25(30-23(17)34)28-16(11-36)10-15-8-6-5-7-9-15/h5-9,12,16,18-20,24,36H,4,10-11H2,1-3H3,(H3,26,28,29,30)/t16-,18?,19?,20?,24?/m0/s1. The minimum absolute atomic E-state index is 0.0790. The molecule has 0 bridgehead atoms. The van der Waals surface area contributed by atoms with Gasteiger partial charge in [-0.25, -0.2) is 4.98 Å². The number of imidazole rings is 1. The molecule has 0 saturated carbocycles. The van der Waals surface area contributed by atoms with Crippen molar-refractivity contribution in [2.45, 2.75) is 64.3 Å². The van der Waals surface area contributed by atoms with E-state index in [0.29, 0.717) is 13.0 Å². The molecule has 5 rings (SSSR count). The van der Waals surface area contributed by atoms with Gasteiger partial charge in [0.1, 0.15) is 5.52 Å². The van der Waals surface area contributed by atoms with Crippen LogP contribution in [0.1, 0.15) is 44.5 Å². The van der Waals surface area contributed by atoms with Gasteiger partial charge in [-0.15, -0.1) is 10.2 Å². The molecule has 4 heterocycles. The predicted octanol–water partition coefficient (Wildman–Crippen LogP) is 0.564. The van der Waals surface area contributed by atoms with Gasteiger partial charge in [0, 0.05) is 13.8 Å². The average Bonchev–Trinajstić information content (AvgIpc) is 3.66. The molecule has 0 spiro atoms. The van der Waals surface area contributed by atoms with Gasteiger partial charge in [0.25, 0.3) is 0 Å². The summed E-state index contributed by atoms with van der Waals surface area (Å²) in [7, 11) is 0. The summed E-state index contributed by atoms with van der Waals surface area (Å²) in [5, 5.41) is 25.4. The minimum Gasteiger partial charge on any atom is -0.455 e. The van der Waals surface area contributed by atoms with E-state index < -0.39 is 42.5 Å². The topological polar surface area (TPSA) is 207 Å². The molecule has 0 amide bonds. The molecule has 16 heteroatoms. The third-order valence-corrected chi connectivity index (χ3v) is 6.40. The van der Waals surface area contributed by atoms with Crippen molar-refractivity contribution in [3.8, 4) is 0 Å². The van der Waals surface area contributed by atoms with E-state index in [1.807, 2.05) is 37.3 Å². The van der Waals surface area contributed by atoms with Crippen LogP contribution in [0.25, 0.3) is 11.2 Å². The number of nitrogens with one attached hydrogen (secondary N) is 1. The van der Waals surface area contributed by atoms with E-state index in [-0.39, 0.29) is 35.4 Å². The second kappa shape index (κ2) is 11.8. The number of aryl methyl sites for hydroxylation is 1. The highest BCUT2D eigenvalue weighted by Crippen LogP contribution is 2.42. The molecule has 4 aromatic rings. The Morgan fingerprint density at radius 1 is 1.15 bits per heavy atom. The Bertz CT molecular complexity index is 1530. The number of benzene rings is 1. The number of anilines is 2. The Hall–Kier alpha value is -4.70. The number of aliphatic hydroxyl groups excluding tert-OH is 1. The van der Waals surface area contributed by atoms with E-state index in [4.69, 9.17) is 19.9 Å². The van der Waals surface area contributed by atoms with Crippen LogP contribution in [-0.4, -0.2) is 81.6 Å². The number of nitrogen functional groups attached to an aromatic ring is 1. The fourth-order valence-electron chi connectivity index (χ4n) is 4.64. The Labute approximate surface area is 233 Å². The largest absolute Gasteiger partial charge is 0.455 e. The maximum absolute atomic E-state index is 12.1. The number of esters is 2. The number of carbonyl (C=O) groups is 2. The zero-order chi connectivity index (χ0) is 29.1. The number of hydrogen-bond donors (Lipinski definition) is 3. The van der Waals surface area contributed by atoms with E-state index in [1.54, 1.807) is 0 Å². The molecule has 1 aromatic carbocycles. The smallest absolute Gasteiger partial charge is 0.303 e. The normalized spacial score (nSPS) is 21.1. The Kier molecular flexibility index (Phi) is 8.02. The van der Waals surface area contributed by atoms with Crippen LogP contribution < -0.4 is 11.1 Å². The Morgan fingerprint density at radius 2 is 1.88 bits per heavy atom. The quantitative estimate of drug-likeness (QED) is 0.224. The third kappa shape index (κ3) is 5.92. The molecular weight excluding hydrogens is 536 g/mol. The lowest BCUT2D eigenvalue weighted by atomic mass is 10.1. The maximum atomic E-state index is 12.1. The number of tetrazole rings is 1. The van der Waals surface area contributed by atoms with Gasteiger partial charge < -0.3 is 30.4 Å². The summed E-state index contributed by atoms with van der Waals surface area (Å²) >= 11 is 0. The monoisotopic (exact) mass is 566 g/mol. The fourth-order valence-corrected chi connectivity index (χ4v) is 4.64. The van der Waals surface area contributed by atoms with Crippen molar-refractivity contribution in [2.75, 3.05) is 17.7 Å². The number of rotatable bonds is 10. The van der Waals surface area contributed by atoms with Crippen molar-refractivity contribution in [3.63, 3.8) is 0 Å². The van der Waals surface area contributed by atoms with E-state index in [9.17, 15) is 14.7 Å². The molecule has 41 heavy (non-hydrogen) atoms. The first kappa shape index (κ1) is 27.9. The van der Waals surface area contributed by atoms with Gasteiger partial charge in [-0.05, 0) is 24.1 Å². The first-order valence-corrected chi connectivity index (χ1v) is 13.0. The van der Waals surface area contributed by atoms with Gasteiger partial charge in [-0.1, -0.05) is 30.3 Å². The van der Waals surface area contributed by atoms with E-state index in [1.165, 1.54) is 29.5 Å². The van der Waals surface area contributed by atoms with Crippen molar-refractivity contribution < 1.29 is 28.9 Å². The minimum atomic E-state index is -1.12. The number of nitrogens with two attached hydrogens (primary N) is 1. The van der Waals surface area contributed by atoms with Gasteiger partial charge in [0.05, 0.1) is 25.5 Å². The van der Waals surface area contributed by atoms with Crippen LogP contribution in [0.4, 0.5) is 11.8 Å². The number of fused-ring (bicyclic) bond motifs is 1. The second-order valence-electron chi connectivity index (χ2n) is 9.40. The molecule has 4 unspecified atom stereocenters. The number of aromatic nitrogens is 8. The number of nitrogens with zero attached hydrogens (tertiary/aromatic N) is 8. The van der Waals surface area contributed by atoms with Crippen molar-refractivity contribution >= 4 is 34.9 Å². The SMILES string of the molecule is CCn1nnc(C2OC(n3cnc4c(N)nc(N[C@H](CO)Cc5ccccc5)nc43)C(OC(C)=O)C2OC(C)=O)n1. The van der Waals surface area contributed by atoms with Gasteiger partial charge in [0.2, 0.25) is 11.8 Å². The zero-order valence-electron chi connectivity index (χ0n) is 22.6. The predicted molar refractivity (Wildman–Crippen MR) is 142 cm³/mol. The average molecular weight is 567 g/mol. The van der Waals surface area contributed by atoms with Gasteiger partial charge >= 0.3 is 11.9 Å². The molecule has 0 radical (unpaired) electrons. The molecular formula is C25H30N10O6. The van der Waals surface area contributed by atoms with Crippen molar-refractivity contribution in [2.24, 2.45) is 0 Å². The van der Waals surface area contributed by atoms with Gasteiger partial charge in [-0.3, -0.25) is 14.2 Å². The first-order chi connectivity index (χ1) is 19.8. The maximum Gasteiger partial charge on any atom is 0.303 e. The lowest BCUT2D eigenvalue weighted by Gasteiger charge is -2.23. The molecule has 1 saturated heterocycles. The van der Waals surface area contributed by atoms with Crippen molar-refractivity contribution in [1.82, 2.24) is 39.7 Å². The summed E-state index contributed by atoms with van der Waals surface area (Å²) in [5.74, 6) is -0.874. The van der Waals surface area contributed by atoms with E-state index in [0.717, 1.165) is 5.56 Å². The van der Waals surface area contributed by atoms with E-state index >= 15 is 0 Å². The summed E-state index contributed by atoms with van der Waals surface area (Å²) in [6.45, 7) is 4.57. The van der Waals surface area contributed by atoms with Crippen molar-refractivity contribution in [1.29, 1.82) is 0 Å². The number of carbonyl (C=O) groups excluding carboxylic acids is 2. The molecule has 16 nitrogen and oxygen atoms in total. The zero-order valence-corrected chi connectivity index (χ0v) is 22.6. The first-order valence-electron chi connectivity index (χ1n) is 13.0. The summed E-state index contributed by atoms with van der Waals surface area (Å²) in [5.41, 5.74) is 7.77. The van der Waals surface area contributed by atoms with Crippen LogP contribution in [0.5, 0.6) is 0 Å². The fraction of sp³-hybridized carbons (Fsp3) is 0.440. The number of ether oxygens (including phenoxy) is 3. The Morgan fingerprint density at radius 3 is 2.54 bits per heavy atom. The Balaban J connectivity index is 1.51. The summed E-state index contributed by atoms with van der Waals surface area (Å²) in [4.78, 5) is 38.8. The molecule has 1 aliphatic heterocycles. The molecule has 1 fully saturated rings. The van der Waals surface area contributed by atoms with Crippen LogP contribution in [0.3, 0.4) is 0 Å². The molecule has 0 aliphatic carbocycles. The second-order valence-corrected chi connectivity index (χ2v) is 9.40. The highest BCUT2D eigenvalue weighted by atomic mass is 16.6. The van der Waals surface area contributed by atoms with Crippen LogP contribution in [0, 0.1) is 0 Å². The van der Waals surface area contributed by atoms with Crippen LogP contribution in [0.15, 0.2) is 36.7 Å². The highest BCUT2D eigenvalue weighted by Gasteiger charge is 2.53. The van der Waals surface area contributed by atoms with Gasteiger partial charge in [0.15, 0.2) is 36.0 Å². The van der Waals surface area contributed by atoms with Crippen molar-refractivity contribution in [3.05, 3.63) is 48.0 Å². The number of hydrogen-bond acceptors (Lipinski definition) is 14. The lowest BCUT2D eigenvalue weighted by molar-refractivity contribution is -0.165. The molecule has 4 N–H and O–H groups in total. The summed E-state index contributed by atoms with van der Waals surface area (Å²) in [6, 6.07) is 9.24. The molecule has 216 valence electrons. The van der Waals surface area contributed by atoms with Crippen LogP contribution in [0.2, 0.25) is 0 Å². The lowest BCUT2D eigenvalue weighted by Crippen LogP contribution is -2.37. The molecule has 1 aliphatic rings. The van der Waals surface area contributed by atoms with Crippen LogP contribution >= 0.6 is 0 Å². The summed E-state index contributed by atoms with van der Waals surface area (Å²) < 4.78 is 19.0. The molecule has 3 aromatic heterocycles.